The second kappa shape index (κ2) is 9.36. The molecule has 0 N–H and O–H groups in total. The van der Waals surface area contributed by atoms with Crippen LogP contribution in [0.25, 0.3) is 0 Å². The fourth-order valence-electron chi connectivity index (χ4n) is 3.47. The zero-order valence-electron chi connectivity index (χ0n) is 18.6. The van der Waals surface area contributed by atoms with Gasteiger partial charge in [-0.1, -0.05) is 13.8 Å². The minimum Gasteiger partial charge on any atom is -0.363 e. The van der Waals surface area contributed by atoms with Crippen LogP contribution in [-0.4, -0.2) is 84.6 Å². The normalized spacial score (nSPS) is 17.8. The highest BCUT2D eigenvalue weighted by Gasteiger charge is 2.34. The van der Waals surface area contributed by atoms with Crippen LogP contribution in [0.5, 0.6) is 0 Å². The smallest absolute Gasteiger partial charge is 0.282 e. The van der Waals surface area contributed by atoms with Gasteiger partial charge in [0.25, 0.3) is 10.2 Å². The van der Waals surface area contributed by atoms with E-state index in [0.29, 0.717) is 37.7 Å². The lowest BCUT2D eigenvalue weighted by Gasteiger charge is -2.25. The Labute approximate surface area is 174 Å². The van der Waals surface area contributed by atoms with Crippen molar-refractivity contribution in [3.05, 3.63) is 17.6 Å². The number of hydrogen-bond donors (Lipinski definition) is 0. The summed E-state index contributed by atoms with van der Waals surface area (Å²) in [7, 11) is 1.72. The maximum Gasteiger partial charge on any atom is 0.282 e. The molecule has 0 aromatic carbocycles. The second-order valence-corrected chi connectivity index (χ2v) is 9.89. The van der Waals surface area contributed by atoms with E-state index < -0.39 is 10.2 Å². The molecule has 1 saturated heterocycles. The third-order valence-electron chi connectivity index (χ3n) is 5.23. The van der Waals surface area contributed by atoms with Gasteiger partial charge in [0.15, 0.2) is 0 Å². The fourth-order valence-corrected chi connectivity index (χ4v) is 4.79. The number of carbonyl (C=O) groups excluding carboxylic acids is 1. The SMILES string of the molecule is CCN(CC)S(=O)(=O)N(C)Cc1nc([C@@H]2CC(=O)N(C(C)C)C2)cc(N(C)C)n1. The first-order chi connectivity index (χ1) is 13.5. The molecule has 1 aromatic rings. The predicted octanol–water partition coefficient (Wildman–Crippen LogP) is 1.29. The molecular formula is C19H34N6O3S. The number of nitrogens with zero attached hydrogens (tertiary/aromatic N) is 6. The molecule has 10 heteroatoms. The molecular weight excluding hydrogens is 392 g/mol. The third-order valence-corrected chi connectivity index (χ3v) is 7.31. The Bertz CT molecular complexity index is 823. The Morgan fingerprint density at radius 2 is 1.79 bits per heavy atom. The molecule has 0 unspecified atom stereocenters. The highest BCUT2D eigenvalue weighted by Crippen LogP contribution is 2.30. The molecule has 9 nitrogen and oxygen atoms in total. The van der Waals surface area contributed by atoms with Gasteiger partial charge in [0.05, 0.1) is 12.2 Å². The first kappa shape index (κ1) is 23.5. The van der Waals surface area contributed by atoms with E-state index in [1.54, 1.807) is 7.05 Å². The van der Waals surface area contributed by atoms with Gasteiger partial charge in [-0.15, -0.1) is 0 Å². The maximum atomic E-state index is 12.8. The van der Waals surface area contributed by atoms with Crippen LogP contribution in [0, 0.1) is 0 Å². The molecule has 0 aliphatic carbocycles. The van der Waals surface area contributed by atoms with Crippen LogP contribution >= 0.6 is 0 Å². The minimum atomic E-state index is -3.58. The van der Waals surface area contributed by atoms with Crippen molar-refractivity contribution in [3.63, 3.8) is 0 Å². The van der Waals surface area contributed by atoms with E-state index in [1.165, 1.54) is 8.61 Å². The van der Waals surface area contributed by atoms with E-state index in [1.807, 2.05) is 57.7 Å². The van der Waals surface area contributed by atoms with Crippen molar-refractivity contribution in [1.82, 2.24) is 23.5 Å². The topological polar surface area (TPSA) is 90.0 Å². The van der Waals surface area contributed by atoms with Crippen molar-refractivity contribution in [2.45, 2.75) is 52.6 Å². The van der Waals surface area contributed by atoms with Gasteiger partial charge in [-0.3, -0.25) is 4.79 Å². The summed E-state index contributed by atoms with van der Waals surface area (Å²) in [5, 5.41) is 0. The first-order valence-electron chi connectivity index (χ1n) is 10.1. The quantitative estimate of drug-likeness (QED) is 0.591. The van der Waals surface area contributed by atoms with Gasteiger partial charge >= 0.3 is 0 Å². The zero-order chi connectivity index (χ0) is 21.9. The molecule has 164 valence electrons. The lowest BCUT2D eigenvalue weighted by molar-refractivity contribution is -0.129. The van der Waals surface area contributed by atoms with Gasteiger partial charge in [-0.05, 0) is 13.8 Å². The molecule has 0 saturated carbocycles. The summed E-state index contributed by atoms with van der Waals surface area (Å²) in [6.07, 6.45) is 0.412. The molecule has 0 radical (unpaired) electrons. The van der Waals surface area contributed by atoms with E-state index in [9.17, 15) is 13.2 Å². The summed E-state index contributed by atoms with van der Waals surface area (Å²) < 4.78 is 28.2. The number of anilines is 1. The van der Waals surface area contributed by atoms with Crippen molar-refractivity contribution in [1.29, 1.82) is 0 Å². The molecule has 29 heavy (non-hydrogen) atoms. The number of aromatic nitrogens is 2. The van der Waals surface area contributed by atoms with Crippen LogP contribution in [0.15, 0.2) is 6.07 Å². The molecule has 2 heterocycles. The van der Waals surface area contributed by atoms with Crippen molar-refractivity contribution in [2.24, 2.45) is 0 Å². The summed E-state index contributed by atoms with van der Waals surface area (Å²) in [4.78, 5) is 25.2. The lowest BCUT2D eigenvalue weighted by atomic mass is 10.0. The van der Waals surface area contributed by atoms with Crippen molar-refractivity contribution in [2.75, 3.05) is 45.7 Å². The Morgan fingerprint density at radius 3 is 2.28 bits per heavy atom. The van der Waals surface area contributed by atoms with E-state index in [-0.39, 0.29) is 24.4 Å². The molecule has 1 aliphatic heterocycles. The molecule has 2 rings (SSSR count). The van der Waals surface area contributed by atoms with Crippen molar-refractivity contribution < 1.29 is 13.2 Å². The number of amides is 1. The van der Waals surface area contributed by atoms with Crippen LogP contribution < -0.4 is 4.90 Å². The number of carbonyl (C=O) groups is 1. The highest BCUT2D eigenvalue weighted by atomic mass is 32.2. The summed E-state index contributed by atoms with van der Waals surface area (Å²) in [5.74, 6) is 1.24. The lowest BCUT2D eigenvalue weighted by Crippen LogP contribution is -2.41. The molecule has 1 amide bonds. The van der Waals surface area contributed by atoms with E-state index in [4.69, 9.17) is 0 Å². The number of likely N-dealkylation sites (tertiary alicyclic amines) is 1. The largest absolute Gasteiger partial charge is 0.363 e. The standard InChI is InChI=1S/C19H34N6O3S/c1-8-24(9-2)29(27,28)23(7)13-17-20-16(11-18(21-17)22(5)6)15-10-19(26)25(12-15)14(3)4/h11,14-15H,8-10,12-13H2,1-7H3/t15-/m1/s1. The minimum absolute atomic E-state index is 0.0185. The molecule has 0 spiro atoms. The van der Waals surface area contributed by atoms with Crippen molar-refractivity contribution >= 4 is 21.9 Å². The zero-order valence-corrected chi connectivity index (χ0v) is 19.4. The van der Waals surface area contributed by atoms with Gasteiger partial charge in [0.1, 0.15) is 11.6 Å². The van der Waals surface area contributed by atoms with Crippen LogP contribution in [0.3, 0.4) is 0 Å². The first-order valence-corrected chi connectivity index (χ1v) is 11.5. The Morgan fingerprint density at radius 1 is 1.17 bits per heavy atom. The molecule has 1 atom stereocenters. The van der Waals surface area contributed by atoms with Gasteiger partial charge < -0.3 is 9.80 Å². The average Bonchev–Trinajstić information content (AvgIpc) is 3.04. The third kappa shape index (κ3) is 5.23. The van der Waals surface area contributed by atoms with E-state index in [0.717, 1.165) is 5.69 Å². The van der Waals surface area contributed by atoms with Gasteiger partial charge in [0, 0.05) is 65.2 Å². The summed E-state index contributed by atoms with van der Waals surface area (Å²) >= 11 is 0. The van der Waals surface area contributed by atoms with Crippen LogP contribution in [0.2, 0.25) is 0 Å². The Hall–Kier alpha value is -1.78. The maximum absolute atomic E-state index is 12.8. The molecule has 1 aliphatic rings. The summed E-state index contributed by atoms with van der Waals surface area (Å²) in [6.45, 7) is 9.13. The monoisotopic (exact) mass is 426 g/mol. The van der Waals surface area contributed by atoms with E-state index in [2.05, 4.69) is 9.97 Å². The highest BCUT2D eigenvalue weighted by molar-refractivity contribution is 7.86. The fraction of sp³-hybridized carbons (Fsp3) is 0.737. The van der Waals surface area contributed by atoms with Gasteiger partial charge in [0.2, 0.25) is 5.91 Å². The number of rotatable bonds is 9. The molecule has 0 bridgehead atoms. The van der Waals surface area contributed by atoms with Crippen LogP contribution in [-0.2, 0) is 21.5 Å². The van der Waals surface area contributed by atoms with Crippen LogP contribution in [0.1, 0.15) is 51.6 Å². The predicted molar refractivity (Wildman–Crippen MR) is 114 cm³/mol. The summed E-state index contributed by atoms with van der Waals surface area (Å²) in [6, 6.07) is 2.04. The Balaban J connectivity index is 2.33. The molecule has 1 aromatic heterocycles. The van der Waals surface area contributed by atoms with Crippen molar-refractivity contribution in [3.8, 4) is 0 Å². The average molecular weight is 427 g/mol. The second-order valence-electron chi connectivity index (χ2n) is 7.85. The van der Waals surface area contributed by atoms with Crippen LogP contribution in [0.4, 0.5) is 5.82 Å². The summed E-state index contributed by atoms with van der Waals surface area (Å²) in [5.41, 5.74) is 0.781. The van der Waals surface area contributed by atoms with E-state index >= 15 is 0 Å². The number of hydrogen-bond acceptors (Lipinski definition) is 6. The van der Waals surface area contributed by atoms with Gasteiger partial charge in [-0.2, -0.15) is 17.0 Å². The molecule has 1 fully saturated rings. The Kier molecular flexibility index (Phi) is 7.58. The van der Waals surface area contributed by atoms with Gasteiger partial charge in [-0.25, -0.2) is 9.97 Å².